The van der Waals surface area contributed by atoms with E-state index in [9.17, 15) is 0 Å². The van der Waals surface area contributed by atoms with E-state index in [2.05, 4.69) is 10.2 Å². The van der Waals surface area contributed by atoms with Gasteiger partial charge in [0.1, 0.15) is 12.2 Å². The maximum absolute atomic E-state index is 5.70. The number of aromatic nitrogens is 3. The van der Waals surface area contributed by atoms with E-state index in [1.165, 1.54) is 12.8 Å². The summed E-state index contributed by atoms with van der Waals surface area (Å²) in [5.41, 5.74) is 0. The second-order valence-corrected chi connectivity index (χ2v) is 4.13. The molecule has 0 saturated carbocycles. The van der Waals surface area contributed by atoms with Crippen molar-refractivity contribution in [3.8, 4) is 0 Å². The summed E-state index contributed by atoms with van der Waals surface area (Å²) in [5.74, 6) is 1.00. The van der Waals surface area contributed by atoms with Crippen LogP contribution in [0.5, 0.6) is 0 Å². The standard InChI is InChI=1S/C11H19N3O2/c1-15-7-5-14-9-12-13-11(14)8-10-4-2-3-6-16-10/h9-10H,2-8H2,1H3. The summed E-state index contributed by atoms with van der Waals surface area (Å²) in [5, 5.41) is 8.08. The molecule has 1 fully saturated rings. The first-order chi connectivity index (χ1) is 7.90. The fourth-order valence-corrected chi connectivity index (χ4v) is 1.99. The van der Waals surface area contributed by atoms with E-state index >= 15 is 0 Å². The third-order valence-corrected chi connectivity index (χ3v) is 2.92. The van der Waals surface area contributed by atoms with Crippen LogP contribution in [0.4, 0.5) is 0 Å². The number of nitrogens with zero attached hydrogens (tertiary/aromatic N) is 3. The highest BCUT2D eigenvalue weighted by Gasteiger charge is 2.17. The lowest BCUT2D eigenvalue weighted by Gasteiger charge is -2.22. The zero-order chi connectivity index (χ0) is 11.2. The Bertz CT molecular complexity index is 308. The lowest BCUT2D eigenvalue weighted by molar-refractivity contribution is 0.0149. The molecule has 0 aromatic carbocycles. The van der Waals surface area contributed by atoms with E-state index < -0.39 is 0 Å². The van der Waals surface area contributed by atoms with Crippen molar-refractivity contribution in [2.24, 2.45) is 0 Å². The molecule has 0 amide bonds. The highest BCUT2D eigenvalue weighted by atomic mass is 16.5. The monoisotopic (exact) mass is 225 g/mol. The van der Waals surface area contributed by atoms with Gasteiger partial charge in [0.2, 0.25) is 0 Å². The van der Waals surface area contributed by atoms with Crippen LogP contribution in [0.2, 0.25) is 0 Å². The maximum Gasteiger partial charge on any atom is 0.135 e. The van der Waals surface area contributed by atoms with E-state index in [1.807, 2.05) is 4.57 Å². The molecule has 2 heterocycles. The molecule has 1 unspecified atom stereocenters. The summed E-state index contributed by atoms with van der Waals surface area (Å²) in [6.07, 6.45) is 6.53. The van der Waals surface area contributed by atoms with Crippen LogP contribution < -0.4 is 0 Å². The van der Waals surface area contributed by atoms with E-state index in [1.54, 1.807) is 13.4 Å². The first-order valence-corrected chi connectivity index (χ1v) is 5.87. The van der Waals surface area contributed by atoms with Crippen molar-refractivity contribution < 1.29 is 9.47 Å². The molecule has 5 heteroatoms. The molecular formula is C11H19N3O2. The molecule has 0 radical (unpaired) electrons. The predicted octanol–water partition coefficient (Wildman–Crippen LogP) is 1.04. The third-order valence-electron chi connectivity index (χ3n) is 2.92. The molecule has 0 aliphatic carbocycles. The molecule has 0 bridgehead atoms. The normalized spacial score (nSPS) is 21.2. The van der Waals surface area contributed by atoms with Crippen molar-refractivity contribution in [3.05, 3.63) is 12.2 Å². The molecule has 5 nitrogen and oxygen atoms in total. The van der Waals surface area contributed by atoms with Gasteiger partial charge in [-0.2, -0.15) is 0 Å². The van der Waals surface area contributed by atoms with Crippen LogP contribution in [0, 0.1) is 0 Å². The number of hydrogen-bond donors (Lipinski definition) is 0. The van der Waals surface area contributed by atoms with Gasteiger partial charge in [-0.15, -0.1) is 10.2 Å². The number of hydrogen-bond acceptors (Lipinski definition) is 4. The highest BCUT2D eigenvalue weighted by molar-refractivity contribution is 4.89. The zero-order valence-electron chi connectivity index (χ0n) is 9.76. The number of ether oxygens (including phenoxy) is 2. The molecule has 1 aliphatic heterocycles. The van der Waals surface area contributed by atoms with Crippen LogP contribution in [0.25, 0.3) is 0 Å². The maximum atomic E-state index is 5.70. The summed E-state index contributed by atoms with van der Waals surface area (Å²) < 4.78 is 12.8. The lowest BCUT2D eigenvalue weighted by Crippen LogP contribution is -2.23. The average molecular weight is 225 g/mol. The van der Waals surface area contributed by atoms with Gasteiger partial charge in [0, 0.05) is 26.7 Å². The van der Waals surface area contributed by atoms with Crippen molar-refractivity contribution in [2.75, 3.05) is 20.3 Å². The Balaban J connectivity index is 1.89. The van der Waals surface area contributed by atoms with E-state index in [-0.39, 0.29) is 0 Å². The highest BCUT2D eigenvalue weighted by Crippen LogP contribution is 2.16. The van der Waals surface area contributed by atoms with Gasteiger partial charge < -0.3 is 14.0 Å². The van der Waals surface area contributed by atoms with Crippen LogP contribution in [-0.4, -0.2) is 41.2 Å². The SMILES string of the molecule is COCCn1cnnc1CC1CCCCO1. The minimum absolute atomic E-state index is 0.319. The average Bonchev–Trinajstić information content (AvgIpc) is 2.75. The number of methoxy groups -OCH3 is 1. The van der Waals surface area contributed by atoms with E-state index in [0.717, 1.165) is 31.8 Å². The first-order valence-electron chi connectivity index (χ1n) is 5.87. The van der Waals surface area contributed by atoms with Crippen LogP contribution in [0.1, 0.15) is 25.1 Å². The van der Waals surface area contributed by atoms with Crippen LogP contribution in [-0.2, 0) is 22.4 Å². The molecule has 2 rings (SSSR count). The second-order valence-electron chi connectivity index (χ2n) is 4.13. The molecule has 90 valence electrons. The third kappa shape index (κ3) is 3.02. The van der Waals surface area contributed by atoms with Gasteiger partial charge in [-0.3, -0.25) is 0 Å². The van der Waals surface area contributed by atoms with Crippen molar-refractivity contribution in [1.29, 1.82) is 0 Å². The number of rotatable bonds is 5. The molecule has 0 N–H and O–H groups in total. The van der Waals surface area contributed by atoms with Gasteiger partial charge in [-0.05, 0) is 19.3 Å². The van der Waals surface area contributed by atoms with Gasteiger partial charge in [0.05, 0.1) is 12.7 Å². The Kier molecular flexibility index (Phi) is 4.30. The van der Waals surface area contributed by atoms with Gasteiger partial charge in [0.25, 0.3) is 0 Å². The Hall–Kier alpha value is -0.940. The van der Waals surface area contributed by atoms with Crippen LogP contribution >= 0.6 is 0 Å². The Morgan fingerprint density at radius 1 is 1.56 bits per heavy atom. The molecular weight excluding hydrogens is 206 g/mol. The van der Waals surface area contributed by atoms with Gasteiger partial charge in [-0.1, -0.05) is 0 Å². The second kappa shape index (κ2) is 5.96. The Morgan fingerprint density at radius 2 is 2.50 bits per heavy atom. The Morgan fingerprint density at radius 3 is 3.25 bits per heavy atom. The van der Waals surface area contributed by atoms with Crippen molar-refractivity contribution in [2.45, 2.75) is 38.3 Å². The molecule has 1 aromatic rings. The van der Waals surface area contributed by atoms with Crippen molar-refractivity contribution in [3.63, 3.8) is 0 Å². The Labute approximate surface area is 95.8 Å². The smallest absolute Gasteiger partial charge is 0.135 e. The van der Waals surface area contributed by atoms with Crippen LogP contribution in [0.3, 0.4) is 0 Å². The fraction of sp³-hybridized carbons (Fsp3) is 0.818. The van der Waals surface area contributed by atoms with E-state index in [0.29, 0.717) is 12.7 Å². The summed E-state index contributed by atoms with van der Waals surface area (Å²) in [6, 6.07) is 0. The minimum atomic E-state index is 0.319. The fourth-order valence-electron chi connectivity index (χ4n) is 1.99. The lowest BCUT2D eigenvalue weighted by atomic mass is 10.1. The predicted molar refractivity (Wildman–Crippen MR) is 59.2 cm³/mol. The quantitative estimate of drug-likeness (QED) is 0.751. The molecule has 1 aromatic heterocycles. The van der Waals surface area contributed by atoms with Crippen molar-refractivity contribution >= 4 is 0 Å². The minimum Gasteiger partial charge on any atom is -0.383 e. The molecule has 1 aliphatic rings. The summed E-state index contributed by atoms with van der Waals surface area (Å²) in [7, 11) is 1.70. The summed E-state index contributed by atoms with van der Waals surface area (Å²) in [4.78, 5) is 0. The molecule has 1 saturated heterocycles. The topological polar surface area (TPSA) is 49.2 Å². The molecule has 1 atom stereocenters. The molecule has 0 spiro atoms. The first kappa shape index (κ1) is 11.5. The molecule has 16 heavy (non-hydrogen) atoms. The van der Waals surface area contributed by atoms with E-state index in [4.69, 9.17) is 9.47 Å². The van der Waals surface area contributed by atoms with Gasteiger partial charge in [-0.25, -0.2) is 0 Å². The largest absolute Gasteiger partial charge is 0.383 e. The summed E-state index contributed by atoms with van der Waals surface area (Å²) >= 11 is 0. The van der Waals surface area contributed by atoms with Crippen LogP contribution in [0.15, 0.2) is 6.33 Å². The zero-order valence-corrected chi connectivity index (χ0v) is 9.76. The van der Waals surface area contributed by atoms with Crippen molar-refractivity contribution in [1.82, 2.24) is 14.8 Å². The van der Waals surface area contributed by atoms with Gasteiger partial charge >= 0.3 is 0 Å². The summed E-state index contributed by atoms with van der Waals surface area (Å²) in [6.45, 7) is 2.39. The van der Waals surface area contributed by atoms with Gasteiger partial charge in [0.15, 0.2) is 0 Å².